The third kappa shape index (κ3) is 3.85. The standard InChI is InChI=1S/C15H21N3O3S.ClH/c1-11(16)12-6-8-18(9-7-12)22(19,20)10-14-13-4-2-3-5-15(13)21-17-14;/h2-5,11-12H,6-10,16H2,1H3;1H. The fourth-order valence-corrected chi connectivity index (χ4v) is 4.49. The average molecular weight is 360 g/mol. The summed E-state index contributed by atoms with van der Waals surface area (Å²) < 4.78 is 31.9. The highest BCUT2D eigenvalue weighted by Crippen LogP contribution is 2.25. The zero-order valence-corrected chi connectivity index (χ0v) is 14.6. The second-order valence-corrected chi connectivity index (χ2v) is 7.95. The van der Waals surface area contributed by atoms with E-state index in [0.717, 1.165) is 18.2 Å². The summed E-state index contributed by atoms with van der Waals surface area (Å²) in [6.07, 6.45) is 1.63. The number of fused-ring (bicyclic) bond motifs is 1. The zero-order chi connectivity index (χ0) is 15.7. The molecule has 2 aromatic rings. The van der Waals surface area contributed by atoms with Crippen molar-refractivity contribution in [2.75, 3.05) is 13.1 Å². The molecule has 0 bridgehead atoms. The Morgan fingerprint density at radius 3 is 2.65 bits per heavy atom. The van der Waals surface area contributed by atoms with E-state index < -0.39 is 10.0 Å². The van der Waals surface area contributed by atoms with Gasteiger partial charge in [-0.1, -0.05) is 17.3 Å². The normalized spacial score (nSPS) is 18.7. The Hall–Kier alpha value is -1.15. The van der Waals surface area contributed by atoms with Gasteiger partial charge in [-0.25, -0.2) is 12.7 Å². The molecule has 2 heterocycles. The van der Waals surface area contributed by atoms with E-state index in [-0.39, 0.29) is 24.2 Å². The maximum absolute atomic E-state index is 12.6. The molecule has 0 radical (unpaired) electrons. The molecule has 23 heavy (non-hydrogen) atoms. The van der Waals surface area contributed by atoms with Crippen molar-refractivity contribution < 1.29 is 12.9 Å². The lowest BCUT2D eigenvalue weighted by Crippen LogP contribution is -2.42. The van der Waals surface area contributed by atoms with E-state index in [0.29, 0.717) is 30.3 Å². The Bertz CT molecular complexity index is 752. The lowest BCUT2D eigenvalue weighted by Gasteiger charge is -2.32. The molecular weight excluding hydrogens is 338 g/mol. The number of benzene rings is 1. The topological polar surface area (TPSA) is 89.4 Å². The third-order valence-electron chi connectivity index (χ3n) is 4.41. The Morgan fingerprint density at radius 1 is 1.35 bits per heavy atom. The van der Waals surface area contributed by atoms with Gasteiger partial charge in [-0.15, -0.1) is 12.4 Å². The van der Waals surface area contributed by atoms with Crippen LogP contribution in [0.3, 0.4) is 0 Å². The molecule has 1 fully saturated rings. The van der Waals surface area contributed by atoms with Crippen LogP contribution in [-0.2, 0) is 15.8 Å². The van der Waals surface area contributed by atoms with Gasteiger partial charge in [0.15, 0.2) is 5.58 Å². The Balaban J connectivity index is 0.00000192. The van der Waals surface area contributed by atoms with Crippen molar-refractivity contribution in [2.24, 2.45) is 11.7 Å². The fraction of sp³-hybridized carbons (Fsp3) is 0.533. The number of hydrogen-bond donors (Lipinski definition) is 1. The number of aromatic nitrogens is 1. The van der Waals surface area contributed by atoms with Crippen molar-refractivity contribution in [1.29, 1.82) is 0 Å². The molecule has 3 rings (SSSR count). The van der Waals surface area contributed by atoms with Crippen LogP contribution < -0.4 is 5.73 Å². The summed E-state index contributed by atoms with van der Waals surface area (Å²) in [4.78, 5) is 0. The van der Waals surface area contributed by atoms with Gasteiger partial charge in [-0.2, -0.15) is 0 Å². The molecule has 2 N–H and O–H groups in total. The molecule has 128 valence electrons. The quantitative estimate of drug-likeness (QED) is 0.903. The SMILES string of the molecule is CC(N)C1CCN(S(=O)(=O)Cc2noc3ccccc23)CC1.Cl. The van der Waals surface area contributed by atoms with Gasteiger partial charge in [0.1, 0.15) is 11.4 Å². The number of nitrogens with two attached hydrogens (primary N) is 1. The molecule has 1 saturated heterocycles. The molecular formula is C15H22ClN3O3S. The largest absolute Gasteiger partial charge is 0.356 e. The molecule has 8 heteroatoms. The van der Waals surface area contributed by atoms with E-state index in [4.69, 9.17) is 10.3 Å². The van der Waals surface area contributed by atoms with Gasteiger partial charge in [-0.05, 0) is 37.8 Å². The molecule has 6 nitrogen and oxygen atoms in total. The number of halogens is 1. The maximum atomic E-state index is 12.6. The maximum Gasteiger partial charge on any atom is 0.220 e. The molecule has 1 aromatic carbocycles. The number of nitrogens with zero attached hydrogens (tertiary/aromatic N) is 2. The predicted molar refractivity (Wildman–Crippen MR) is 91.8 cm³/mol. The Kier molecular flexibility index (Phi) is 5.67. The number of hydrogen-bond acceptors (Lipinski definition) is 5. The van der Waals surface area contributed by atoms with Crippen molar-refractivity contribution in [3.8, 4) is 0 Å². The van der Waals surface area contributed by atoms with Gasteiger partial charge in [-0.3, -0.25) is 0 Å². The van der Waals surface area contributed by atoms with Crippen molar-refractivity contribution in [3.63, 3.8) is 0 Å². The lowest BCUT2D eigenvalue weighted by molar-refractivity contribution is 0.250. The first-order chi connectivity index (χ1) is 10.5. The monoisotopic (exact) mass is 359 g/mol. The number of piperidine rings is 1. The Morgan fingerprint density at radius 2 is 2.00 bits per heavy atom. The molecule has 1 aromatic heterocycles. The minimum absolute atomic E-state index is 0. The van der Waals surface area contributed by atoms with Gasteiger partial charge < -0.3 is 10.3 Å². The lowest BCUT2D eigenvalue weighted by atomic mass is 9.92. The van der Waals surface area contributed by atoms with E-state index in [1.165, 1.54) is 0 Å². The van der Waals surface area contributed by atoms with Crippen LogP contribution in [0.4, 0.5) is 0 Å². The number of rotatable bonds is 4. The second kappa shape index (κ2) is 7.17. The summed E-state index contributed by atoms with van der Waals surface area (Å²) in [7, 11) is -3.38. The van der Waals surface area contributed by atoms with Gasteiger partial charge >= 0.3 is 0 Å². The van der Waals surface area contributed by atoms with Crippen molar-refractivity contribution in [3.05, 3.63) is 30.0 Å². The van der Waals surface area contributed by atoms with E-state index in [2.05, 4.69) is 5.16 Å². The summed E-state index contributed by atoms with van der Waals surface area (Å²) in [6, 6.07) is 7.42. The molecule has 0 saturated carbocycles. The van der Waals surface area contributed by atoms with Crippen LogP contribution in [0.2, 0.25) is 0 Å². The molecule has 0 spiro atoms. The van der Waals surface area contributed by atoms with Crippen molar-refractivity contribution in [2.45, 2.75) is 31.6 Å². The van der Waals surface area contributed by atoms with Crippen LogP contribution in [0.15, 0.2) is 28.8 Å². The Labute approximate surface area is 142 Å². The average Bonchev–Trinajstić information content (AvgIpc) is 2.90. The zero-order valence-electron chi connectivity index (χ0n) is 13.0. The highest BCUT2D eigenvalue weighted by atomic mass is 35.5. The first-order valence-electron chi connectivity index (χ1n) is 7.54. The first kappa shape index (κ1) is 18.2. The highest BCUT2D eigenvalue weighted by Gasteiger charge is 2.30. The van der Waals surface area contributed by atoms with Crippen molar-refractivity contribution >= 4 is 33.4 Å². The van der Waals surface area contributed by atoms with Gasteiger partial charge in [0.2, 0.25) is 10.0 Å². The molecule has 1 aliphatic heterocycles. The van der Waals surface area contributed by atoms with Crippen LogP contribution in [0.5, 0.6) is 0 Å². The summed E-state index contributed by atoms with van der Waals surface area (Å²) in [5.41, 5.74) is 6.99. The fourth-order valence-electron chi connectivity index (χ4n) is 2.99. The summed E-state index contributed by atoms with van der Waals surface area (Å²) in [6.45, 7) is 3.05. The first-order valence-corrected chi connectivity index (χ1v) is 9.15. The predicted octanol–water partition coefficient (Wildman–Crippen LogP) is 2.14. The summed E-state index contributed by atoms with van der Waals surface area (Å²) >= 11 is 0. The van der Waals surface area contributed by atoms with Crippen molar-refractivity contribution in [1.82, 2.24) is 9.46 Å². The van der Waals surface area contributed by atoms with Crippen LogP contribution in [0, 0.1) is 5.92 Å². The van der Waals surface area contributed by atoms with Gasteiger partial charge in [0, 0.05) is 24.5 Å². The molecule has 0 aliphatic carbocycles. The summed E-state index contributed by atoms with van der Waals surface area (Å²) in [5.74, 6) is 0.284. The smallest absolute Gasteiger partial charge is 0.220 e. The molecule has 0 amide bonds. The van der Waals surface area contributed by atoms with E-state index >= 15 is 0 Å². The number of sulfonamides is 1. The van der Waals surface area contributed by atoms with E-state index in [1.807, 2.05) is 25.1 Å². The second-order valence-electron chi connectivity index (χ2n) is 5.98. The van der Waals surface area contributed by atoms with E-state index in [9.17, 15) is 8.42 Å². The van der Waals surface area contributed by atoms with E-state index in [1.54, 1.807) is 10.4 Å². The summed E-state index contributed by atoms with van der Waals surface area (Å²) in [5, 5.41) is 4.68. The van der Waals surface area contributed by atoms with Crippen LogP contribution >= 0.6 is 12.4 Å². The minimum atomic E-state index is -3.38. The third-order valence-corrected chi connectivity index (χ3v) is 6.20. The van der Waals surface area contributed by atoms with Crippen LogP contribution in [-0.4, -0.2) is 37.0 Å². The van der Waals surface area contributed by atoms with Gasteiger partial charge in [0.25, 0.3) is 0 Å². The van der Waals surface area contributed by atoms with Crippen LogP contribution in [0.1, 0.15) is 25.5 Å². The molecule has 1 unspecified atom stereocenters. The highest BCUT2D eigenvalue weighted by molar-refractivity contribution is 7.88. The molecule has 1 atom stereocenters. The minimum Gasteiger partial charge on any atom is -0.356 e. The molecule has 1 aliphatic rings. The van der Waals surface area contributed by atoms with Crippen LogP contribution in [0.25, 0.3) is 11.0 Å². The number of para-hydroxylation sites is 1. The van der Waals surface area contributed by atoms with Gasteiger partial charge in [0.05, 0.1) is 0 Å².